The summed E-state index contributed by atoms with van der Waals surface area (Å²) in [5.41, 5.74) is 4.73. The van der Waals surface area contributed by atoms with E-state index in [1.165, 1.54) is 38.2 Å². The maximum Gasteiger partial charge on any atom is -0.0106 e. The molecule has 0 fully saturated rings. The predicted octanol–water partition coefficient (Wildman–Crippen LogP) is 7.11. The normalized spacial score (nSPS) is 11.8. The van der Waals surface area contributed by atoms with E-state index in [1.807, 2.05) is 0 Å². The lowest BCUT2D eigenvalue weighted by Crippen LogP contribution is -1.87. The molecule has 25 heavy (non-hydrogen) atoms. The Morgan fingerprint density at radius 3 is 1.76 bits per heavy atom. The first-order valence-corrected chi connectivity index (χ1v) is 8.57. The van der Waals surface area contributed by atoms with Crippen molar-refractivity contribution in [3.63, 3.8) is 0 Å². The fourth-order valence-electron chi connectivity index (χ4n) is 3.49. The lowest BCUT2D eigenvalue weighted by atomic mass is 9.94. The molecule has 0 saturated heterocycles. The lowest BCUT2D eigenvalue weighted by Gasteiger charge is -2.10. The number of hydrogen-bond donors (Lipinski definition) is 0. The van der Waals surface area contributed by atoms with Crippen molar-refractivity contribution in [2.45, 2.75) is 6.92 Å². The quantitative estimate of drug-likeness (QED) is 0.353. The Hall–Kier alpha value is -3.12. The summed E-state index contributed by atoms with van der Waals surface area (Å²) in [6, 6.07) is 29.9. The average Bonchev–Trinajstić information content (AvgIpc) is 2.67. The van der Waals surface area contributed by atoms with Gasteiger partial charge in [0.1, 0.15) is 0 Å². The van der Waals surface area contributed by atoms with Gasteiger partial charge in [-0.3, -0.25) is 0 Å². The molecule has 0 spiro atoms. The van der Waals surface area contributed by atoms with Gasteiger partial charge in [-0.25, -0.2) is 0 Å². The highest BCUT2D eigenvalue weighted by atomic mass is 14.1. The minimum atomic E-state index is 1.04. The highest BCUT2D eigenvalue weighted by Crippen LogP contribution is 2.30. The van der Waals surface area contributed by atoms with Crippen LogP contribution in [0.5, 0.6) is 0 Å². The Labute approximate surface area is 148 Å². The molecule has 0 aliphatic heterocycles. The highest BCUT2D eigenvalue weighted by molar-refractivity contribution is 6.00. The monoisotopic (exact) mass is 320 g/mol. The molecule has 0 nitrogen and oxygen atoms in total. The van der Waals surface area contributed by atoms with E-state index in [0.717, 1.165) is 5.57 Å². The fraction of sp³-hybridized carbons (Fsp3) is 0.0400. The van der Waals surface area contributed by atoms with E-state index in [9.17, 15) is 0 Å². The van der Waals surface area contributed by atoms with Crippen LogP contribution in [0.4, 0.5) is 0 Å². The largest absolute Gasteiger partial charge is 0.0911 e. The van der Waals surface area contributed by atoms with Crippen LogP contribution in [-0.2, 0) is 0 Å². The van der Waals surface area contributed by atoms with Crippen molar-refractivity contribution in [2.75, 3.05) is 0 Å². The van der Waals surface area contributed by atoms with Crippen molar-refractivity contribution in [3.05, 3.63) is 109 Å². The van der Waals surface area contributed by atoms with Crippen molar-refractivity contribution in [1.82, 2.24) is 0 Å². The third-order valence-corrected chi connectivity index (χ3v) is 4.74. The molecule has 120 valence electrons. The molecule has 0 aliphatic carbocycles. The van der Waals surface area contributed by atoms with E-state index in [0.29, 0.717) is 0 Å². The van der Waals surface area contributed by atoms with Gasteiger partial charge in [-0.1, -0.05) is 97.6 Å². The van der Waals surface area contributed by atoms with Crippen LogP contribution in [0, 0.1) is 0 Å². The first kappa shape index (κ1) is 15.4. The second kappa shape index (κ2) is 6.41. The van der Waals surface area contributed by atoms with E-state index >= 15 is 0 Å². The number of allylic oxidation sites excluding steroid dienone is 3. The van der Waals surface area contributed by atoms with Crippen LogP contribution >= 0.6 is 0 Å². The summed E-state index contributed by atoms with van der Waals surface area (Å²) in [5, 5.41) is 5.04. The summed E-state index contributed by atoms with van der Waals surface area (Å²) in [7, 11) is 0. The zero-order chi connectivity index (χ0) is 17.2. The molecular formula is C25H20. The zero-order valence-corrected chi connectivity index (χ0v) is 14.4. The van der Waals surface area contributed by atoms with Gasteiger partial charge in [-0.15, -0.1) is 0 Å². The first-order chi connectivity index (χ1) is 12.2. The molecule has 0 aliphatic rings. The standard InChI is InChI=1S/C25H20/c1-18(22-15-7-11-20-9-3-5-13-24(20)22)17-19(2)23-16-8-12-21-10-4-6-14-25(21)23/h3-17H,1H2,2H3/b19-17+. The molecule has 0 unspecified atom stereocenters. The Morgan fingerprint density at radius 1 is 0.640 bits per heavy atom. The molecule has 0 amide bonds. The van der Waals surface area contributed by atoms with Crippen molar-refractivity contribution >= 4 is 32.7 Å². The summed E-state index contributed by atoms with van der Waals surface area (Å²) in [6.45, 7) is 6.51. The second-order valence-corrected chi connectivity index (χ2v) is 6.41. The molecule has 0 radical (unpaired) electrons. The number of benzene rings is 4. The topological polar surface area (TPSA) is 0 Å². The Morgan fingerprint density at radius 2 is 1.12 bits per heavy atom. The summed E-state index contributed by atoms with van der Waals surface area (Å²) < 4.78 is 0. The Bertz CT molecular complexity index is 1100. The number of hydrogen-bond acceptors (Lipinski definition) is 0. The van der Waals surface area contributed by atoms with Gasteiger partial charge in [-0.05, 0) is 50.7 Å². The minimum absolute atomic E-state index is 1.04. The van der Waals surface area contributed by atoms with Crippen LogP contribution < -0.4 is 0 Å². The predicted molar refractivity (Wildman–Crippen MR) is 111 cm³/mol. The highest BCUT2D eigenvalue weighted by Gasteiger charge is 2.06. The lowest BCUT2D eigenvalue weighted by molar-refractivity contribution is 1.61. The number of rotatable bonds is 3. The van der Waals surface area contributed by atoms with Gasteiger partial charge in [-0.2, -0.15) is 0 Å². The van der Waals surface area contributed by atoms with Crippen LogP contribution in [0.2, 0.25) is 0 Å². The molecule has 0 saturated carbocycles. The molecule has 4 rings (SSSR count). The van der Waals surface area contributed by atoms with E-state index in [4.69, 9.17) is 0 Å². The van der Waals surface area contributed by atoms with Gasteiger partial charge in [0.2, 0.25) is 0 Å². The van der Waals surface area contributed by atoms with Crippen molar-refractivity contribution in [2.24, 2.45) is 0 Å². The molecule has 0 heterocycles. The average molecular weight is 320 g/mol. The van der Waals surface area contributed by atoms with Gasteiger partial charge in [0, 0.05) is 0 Å². The SMILES string of the molecule is C=C(/C=C(\C)c1cccc2ccccc12)c1cccc2ccccc12. The minimum Gasteiger partial charge on any atom is -0.0911 e. The summed E-state index contributed by atoms with van der Waals surface area (Å²) in [4.78, 5) is 0. The van der Waals surface area contributed by atoms with Gasteiger partial charge in [0.05, 0.1) is 0 Å². The van der Waals surface area contributed by atoms with Crippen LogP contribution in [0.3, 0.4) is 0 Å². The number of fused-ring (bicyclic) bond motifs is 2. The fourth-order valence-corrected chi connectivity index (χ4v) is 3.49. The Kier molecular flexibility index (Phi) is 3.95. The van der Waals surface area contributed by atoms with E-state index < -0.39 is 0 Å². The molecule has 0 bridgehead atoms. The zero-order valence-electron chi connectivity index (χ0n) is 14.4. The van der Waals surface area contributed by atoms with Gasteiger partial charge >= 0.3 is 0 Å². The molecule has 0 atom stereocenters. The molecule has 4 aromatic carbocycles. The van der Waals surface area contributed by atoms with E-state index in [1.54, 1.807) is 0 Å². The molecule has 0 heteroatoms. The molecule has 0 aromatic heterocycles. The molecule has 4 aromatic rings. The third-order valence-electron chi connectivity index (χ3n) is 4.74. The van der Waals surface area contributed by atoms with Crippen molar-refractivity contribution in [3.8, 4) is 0 Å². The molecular weight excluding hydrogens is 300 g/mol. The summed E-state index contributed by atoms with van der Waals surface area (Å²) >= 11 is 0. The van der Waals surface area contributed by atoms with Crippen molar-refractivity contribution in [1.29, 1.82) is 0 Å². The van der Waals surface area contributed by atoms with Crippen LogP contribution in [-0.4, -0.2) is 0 Å². The second-order valence-electron chi connectivity index (χ2n) is 6.41. The van der Waals surface area contributed by atoms with Gasteiger partial charge in [0.15, 0.2) is 0 Å². The van der Waals surface area contributed by atoms with E-state index in [-0.39, 0.29) is 0 Å². The van der Waals surface area contributed by atoms with Gasteiger partial charge < -0.3 is 0 Å². The van der Waals surface area contributed by atoms with Crippen molar-refractivity contribution < 1.29 is 0 Å². The maximum atomic E-state index is 4.34. The van der Waals surface area contributed by atoms with E-state index in [2.05, 4.69) is 105 Å². The first-order valence-electron chi connectivity index (χ1n) is 8.57. The van der Waals surface area contributed by atoms with Crippen LogP contribution in [0.15, 0.2) is 97.6 Å². The smallest absolute Gasteiger partial charge is 0.0106 e. The summed E-state index contributed by atoms with van der Waals surface area (Å²) in [6.07, 6.45) is 2.20. The maximum absolute atomic E-state index is 4.34. The van der Waals surface area contributed by atoms with Crippen LogP contribution in [0.1, 0.15) is 18.1 Å². The molecule has 0 N–H and O–H groups in total. The van der Waals surface area contributed by atoms with Gasteiger partial charge in [0.25, 0.3) is 0 Å². The third kappa shape index (κ3) is 2.88. The summed E-state index contributed by atoms with van der Waals surface area (Å²) in [5.74, 6) is 0. The van der Waals surface area contributed by atoms with Crippen LogP contribution in [0.25, 0.3) is 32.7 Å². The Balaban J connectivity index is 1.80.